The van der Waals surface area contributed by atoms with E-state index in [1.54, 1.807) is 12.0 Å². The lowest BCUT2D eigenvalue weighted by atomic mass is 10.1. The zero-order chi connectivity index (χ0) is 18.9. The Labute approximate surface area is 153 Å². The second-order valence-corrected chi connectivity index (χ2v) is 5.84. The number of hydrogen-bond donors (Lipinski definition) is 3. The molecule has 7 heteroatoms. The minimum absolute atomic E-state index is 0.0129. The molecule has 1 heterocycles. The van der Waals surface area contributed by atoms with E-state index in [0.29, 0.717) is 34.9 Å². The molecule has 0 saturated carbocycles. The molecule has 0 aliphatic heterocycles. The Morgan fingerprint density at radius 1 is 1.15 bits per heavy atom. The summed E-state index contributed by atoms with van der Waals surface area (Å²) >= 11 is 0. The number of para-hydroxylation sites is 1. The number of aromatic nitrogens is 1. The number of hydroxylamine groups is 2. The van der Waals surface area contributed by atoms with Gasteiger partial charge in [-0.1, -0.05) is 18.2 Å². The number of nitrogens with zero attached hydrogens (tertiary/aromatic N) is 2. The van der Waals surface area contributed by atoms with Crippen molar-refractivity contribution < 1.29 is 24.9 Å². The number of likely N-dealkylation sites (N-methyl/N-ethyl adjacent to an activating group) is 1. The summed E-state index contributed by atoms with van der Waals surface area (Å²) in [5, 5.41) is 30.8. The lowest BCUT2D eigenvalue weighted by molar-refractivity contribution is -0.0860. The van der Waals surface area contributed by atoms with Crippen LogP contribution in [0.25, 0.3) is 0 Å². The van der Waals surface area contributed by atoms with Crippen molar-refractivity contribution in [3.05, 3.63) is 53.3 Å². The number of benzene rings is 1. The fourth-order valence-electron chi connectivity index (χ4n) is 2.51. The average Bonchev–Trinajstić information content (AvgIpc) is 2.66. The molecule has 1 unspecified atom stereocenters. The lowest BCUT2D eigenvalue weighted by Crippen LogP contribution is -2.37. The van der Waals surface area contributed by atoms with Gasteiger partial charge in [-0.3, -0.25) is 4.98 Å². The van der Waals surface area contributed by atoms with Gasteiger partial charge in [0.05, 0.1) is 25.5 Å². The molecule has 0 amide bonds. The Kier molecular flexibility index (Phi) is 7.80. The Bertz CT molecular complexity index is 681. The Morgan fingerprint density at radius 2 is 1.88 bits per heavy atom. The number of aliphatic hydroxyl groups is 3. The van der Waals surface area contributed by atoms with Gasteiger partial charge in [-0.2, -0.15) is 0 Å². The van der Waals surface area contributed by atoms with Gasteiger partial charge in [0.25, 0.3) is 0 Å². The summed E-state index contributed by atoms with van der Waals surface area (Å²) in [4.78, 5) is 9.88. The fourth-order valence-corrected chi connectivity index (χ4v) is 2.51. The van der Waals surface area contributed by atoms with Crippen molar-refractivity contribution in [3.63, 3.8) is 0 Å². The molecule has 0 bridgehead atoms. The van der Waals surface area contributed by atoms with E-state index in [1.165, 1.54) is 6.20 Å². The molecule has 0 fully saturated rings. The van der Waals surface area contributed by atoms with Crippen molar-refractivity contribution in [1.29, 1.82) is 0 Å². The number of rotatable bonds is 10. The molecule has 0 saturated heterocycles. The molecule has 7 nitrogen and oxygen atoms in total. The van der Waals surface area contributed by atoms with Gasteiger partial charge in [0, 0.05) is 23.9 Å². The molecule has 1 aromatic carbocycles. The highest BCUT2D eigenvalue weighted by atomic mass is 16.7. The maximum absolute atomic E-state index is 10.3. The molecule has 1 aromatic heterocycles. The lowest BCUT2D eigenvalue weighted by Gasteiger charge is -2.24. The van der Waals surface area contributed by atoms with E-state index in [-0.39, 0.29) is 26.4 Å². The largest absolute Gasteiger partial charge is 0.489 e. The van der Waals surface area contributed by atoms with E-state index >= 15 is 0 Å². The zero-order valence-electron chi connectivity index (χ0n) is 15.1. The van der Waals surface area contributed by atoms with Crippen LogP contribution in [0, 0.1) is 6.92 Å². The van der Waals surface area contributed by atoms with E-state index in [0.717, 1.165) is 0 Å². The molecular weight excluding hydrogens is 336 g/mol. The number of aryl methyl sites for hydroxylation is 1. The fraction of sp³-hybridized carbons (Fsp3) is 0.421. The monoisotopic (exact) mass is 362 g/mol. The SMILES string of the molecule is CCN(CC(O)COc1c(C)ncc(CO)c1CO)Oc1ccccc1. The predicted molar refractivity (Wildman–Crippen MR) is 96.6 cm³/mol. The van der Waals surface area contributed by atoms with Gasteiger partial charge in [-0.15, -0.1) is 5.06 Å². The summed E-state index contributed by atoms with van der Waals surface area (Å²) in [6.07, 6.45) is 0.707. The normalized spacial score (nSPS) is 12.2. The Morgan fingerprint density at radius 3 is 2.50 bits per heavy atom. The van der Waals surface area contributed by atoms with Crippen LogP contribution in [0.2, 0.25) is 0 Å². The van der Waals surface area contributed by atoms with Gasteiger partial charge in [-0.05, 0) is 26.0 Å². The van der Waals surface area contributed by atoms with Crippen LogP contribution in [0.5, 0.6) is 11.5 Å². The number of hydrogen-bond acceptors (Lipinski definition) is 7. The first-order chi connectivity index (χ1) is 12.6. The molecule has 142 valence electrons. The first kappa shape index (κ1) is 20.1. The van der Waals surface area contributed by atoms with Crippen LogP contribution in [0.15, 0.2) is 36.5 Å². The highest BCUT2D eigenvalue weighted by Crippen LogP contribution is 2.25. The Hall–Kier alpha value is -2.19. The van der Waals surface area contributed by atoms with Gasteiger partial charge in [0.2, 0.25) is 0 Å². The van der Waals surface area contributed by atoms with E-state index in [2.05, 4.69) is 4.98 Å². The van der Waals surface area contributed by atoms with Crippen molar-refractivity contribution in [3.8, 4) is 11.5 Å². The van der Waals surface area contributed by atoms with Gasteiger partial charge < -0.3 is 24.9 Å². The standard InChI is InChI=1S/C19H26N2O5/c1-3-21(26-17-7-5-4-6-8-17)10-16(24)13-25-19-14(2)20-9-15(11-22)18(19)12-23/h4-9,16,22-24H,3,10-13H2,1-2H3. The molecule has 26 heavy (non-hydrogen) atoms. The van der Waals surface area contributed by atoms with Gasteiger partial charge in [0.1, 0.15) is 24.2 Å². The third kappa shape index (κ3) is 5.40. The van der Waals surface area contributed by atoms with E-state index in [1.807, 2.05) is 37.3 Å². The Balaban J connectivity index is 1.96. The molecule has 3 N–H and O–H groups in total. The minimum atomic E-state index is -0.803. The predicted octanol–water partition coefficient (Wildman–Crippen LogP) is 1.43. The van der Waals surface area contributed by atoms with Crippen LogP contribution in [0.1, 0.15) is 23.7 Å². The van der Waals surface area contributed by atoms with Crippen molar-refractivity contribution in [2.75, 3.05) is 19.7 Å². The topological polar surface area (TPSA) is 95.3 Å². The third-order valence-corrected chi connectivity index (χ3v) is 3.90. The van der Waals surface area contributed by atoms with E-state index in [4.69, 9.17) is 9.57 Å². The van der Waals surface area contributed by atoms with E-state index in [9.17, 15) is 15.3 Å². The molecule has 0 aliphatic carbocycles. The highest BCUT2D eigenvalue weighted by Gasteiger charge is 2.17. The molecule has 0 spiro atoms. The van der Waals surface area contributed by atoms with Gasteiger partial charge in [0.15, 0.2) is 0 Å². The first-order valence-corrected chi connectivity index (χ1v) is 8.56. The third-order valence-electron chi connectivity index (χ3n) is 3.90. The van der Waals surface area contributed by atoms with Crippen LogP contribution in [-0.2, 0) is 13.2 Å². The summed E-state index contributed by atoms with van der Waals surface area (Å²) in [7, 11) is 0. The quantitative estimate of drug-likeness (QED) is 0.550. The van der Waals surface area contributed by atoms with Crippen LogP contribution in [0.3, 0.4) is 0 Å². The van der Waals surface area contributed by atoms with Crippen molar-refractivity contribution >= 4 is 0 Å². The molecule has 0 aliphatic rings. The second-order valence-electron chi connectivity index (χ2n) is 5.84. The minimum Gasteiger partial charge on any atom is -0.489 e. The van der Waals surface area contributed by atoms with Gasteiger partial charge >= 0.3 is 0 Å². The molecule has 2 aromatic rings. The van der Waals surface area contributed by atoms with Crippen LogP contribution >= 0.6 is 0 Å². The molecule has 2 rings (SSSR count). The number of aliphatic hydroxyl groups excluding tert-OH is 3. The van der Waals surface area contributed by atoms with E-state index < -0.39 is 6.10 Å². The molecular formula is C19H26N2O5. The molecule has 1 atom stereocenters. The van der Waals surface area contributed by atoms with Crippen LogP contribution < -0.4 is 9.57 Å². The number of pyridine rings is 1. The zero-order valence-corrected chi connectivity index (χ0v) is 15.1. The maximum atomic E-state index is 10.3. The summed E-state index contributed by atoms with van der Waals surface area (Å²) in [6.45, 7) is 4.02. The maximum Gasteiger partial charge on any atom is 0.147 e. The molecule has 0 radical (unpaired) electrons. The van der Waals surface area contributed by atoms with Crippen LogP contribution in [0.4, 0.5) is 0 Å². The highest BCUT2D eigenvalue weighted by molar-refractivity contribution is 5.41. The average molecular weight is 362 g/mol. The van der Waals surface area contributed by atoms with Crippen LogP contribution in [-0.4, -0.2) is 51.2 Å². The smallest absolute Gasteiger partial charge is 0.147 e. The second kappa shape index (κ2) is 10.1. The van der Waals surface area contributed by atoms with Gasteiger partial charge in [-0.25, -0.2) is 0 Å². The summed E-state index contributed by atoms with van der Waals surface area (Å²) in [5.41, 5.74) is 1.58. The number of ether oxygens (including phenoxy) is 1. The first-order valence-electron chi connectivity index (χ1n) is 8.56. The van der Waals surface area contributed by atoms with Crippen molar-refractivity contribution in [1.82, 2.24) is 10.0 Å². The summed E-state index contributed by atoms with van der Waals surface area (Å²) in [6, 6.07) is 9.34. The summed E-state index contributed by atoms with van der Waals surface area (Å²) in [5.74, 6) is 1.09. The summed E-state index contributed by atoms with van der Waals surface area (Å²) < 4.78 is 5.69. The van der Waals surface area contributed by atoms with Crippen molar-refractivity contribution in [2.45, 2.75) is 33.2 Å². The van der Waals surface area contributed by atoms with Crippen molar-refractivity contribution in [2.24, 2.45) is 0 Å².